The smallest absolute Gasteiger partial charge is 0.407 e. The summed E-state index contributed by atoms with van der Waals surface area (Å²) in [6.45, 7) is 6.13. The Bertz CT molecular complexity index is 958. The van der Waals surface area contributed by atoms with Gasteiger partial charge in [-0.2, -0.15) is 0 Å². The van der Waals surface area contributed by atoms with Gasteiger partial charge in [0.05, 0.1) is 5.92 Å². The van der Waals surface area contributed by atoms with Crippen LogP contribution in [0.4, 0.5) is 4.79 Å². The number of alkyl carbamates (subject to hydrolysis) is 1. The topological polar surface area (TPSA) is 105 Å². The van der Waals surface area contributed by atoms with Crippen LogP contribution in [-0.4, -0.2) is 42.8 Å². The Kier molecular flexibility index (Phi) is 8.09. The molecule has 0 fully saturated rings. The lowest BCUT2D eigenvalue weighted by Gasteiger charge is -2.21. The second-order valence-electron chi connectivity index (χ2n) is 8.96. The summed E-state index contributed by atoms with van der Waals surface area (Å²) in [4.78, 5) is 35.5. The minimum Gasteiger partial charge on any atom is -0.481 e. The first-order valence-electron chi connectivity index (χ1n) is 11.4. The molecule has 0 saturated carbocycles. The summed E-state index contributed by atoms with van der Waals surface area (Å²) in [5.74, 6) is -1.77. The van der Waals surface area contributed by atoms with Gasteiger partial charge in [-0.05, 0) is 34.1 Å². The Morgan fingerprint density at radius 2 is 1.48 bits per heavy atom. The normalized spacial score (nSPS) is 14.2. The number of fused-ring (bicyclic) bond motifs is 3. The molecule has 3 rings (SSSR count). The fourth-order valence-electron chi connectivity index (χ4n) is 4.07. The number of carbonyl (C=O) groups is 3. The molecule has 1 aliphatic rings. The highest BCUT2D eigenvalue weighted by molar-refractivity contribution is 5.79. The van der Waals surface area contributed by atoms with Gasteiger partial charge in [-0.15, -0.1) is 0 Å². The number of nitrogens with one attached hydrogen (secondary N) is 2. The predicted molar refractivity (Wildman–Crippen MR) is 126 cm³/mol. The number of amides is 2. The van der Waals surface area contributed by atoms with Crippen molar-refractivity contribution in [2.24, 2.45) is 17.8 Å². The van der Waals surface area contributed by atoms with Gasteiger partial charge < -0.3 is 20.5 Å². The molecular weight excluding hydrogens is 420 g/mol. The zero-order chi connectivity index (χ0) is 24.0. The molecule has 176 valence electrons. The minimum atomic E-state index is -0.951. The third kappa shape index (κ3) is 6.12. The average molecular weight is 453 g/mol. The molecule has 0 saturated heterocycles. The summed E-state index contributed by atoms with van der Waals surface area (Å²) in [6, 6.07) is 16.3. The number of ether oxygens (including phenoxy) is 1. The van der Waals surface area contributed by atoms with E-state index in [0.717, 1.165) is 11.1 Å². The van der Waals surface area contributed by atoms with Crippen LogP contribution in [0, 0.1) is 17.8 Å². The van der Waals surface area contributed by atoms with Gasteiger partial charge >= 0.3 is 12.1 Å². The number of carboxylic acid groups (broad SMARTS) is 1. The van der Waals surface area contributed by atoms with Crippen LogP contribution in [0.25, 0.3) is 11.1 Å². The van der Waals surface area contributed by atoms with Gasteiger partial charge in [-0.3, -0.25) is 9.59 Å². The number of rotatable bonds is 10. The first-order valence-corrected chi connectivity index (χ1v) is 11.4. The van der Waals surface area contributed by atoms with Gasteiger partial charge in [-0.1, -0.05) is 69.3 Å². The van der Waals surface area contributed by atoms with E-state index in [2.05, 4.69) is 34.9 Å². The second kappa shape index (κ2) is 11.0. The summed E-state index contributed by atoms with van der Waals surface area (Å²) < 4.78 is 5.56. The zero-order valence-electron chi connectivity index (χ0n) is 19.3. The van der Waals surface area contributed by atoms with E-state index in [9.17, 15) is 14.4 Å². The van der Waals surface area contributed by atoms with Crippen LogP contribution in [0.5, 0.6) is 0 Å². The van der Waals surface area contributed by atoms with Crippen LogP contribution in [-0.2, 0) is 14.3 Å². The molecule has 2 unspecified atom stereocenters. The summed E-state index contributed by atoms with van der Waals surface area (Å²) in [5.41, 5.74) is 4.65. The molecule has 2 amide bonds. The van der Waals surface area contributed by atoms with Crippen molar-refractivity contribution in [3.63, 3.8) is 0 Å². The van der Waals surface area contributed by atoms with E-state index in [1.807, 2.05) is 38.1 Å². The van der Waals surface area contributed by atoms with Crippen molar-refractivity contribution in [2.45, 2.75) is 33.1 Å². The van der Waals surface area contributed by atoms with Crippen LogP contribution in [0.1, 0.15) is 44.2 Å². The highest BCUT2D eigenvalue weighted by atomic mass is 16.5. The second-order valence-corrected chi connectivity index (χ2v) is 8.96. The molecule has 0 radical (unpaired) electrons. The molecule has 1 aliphatic carbocycles. The lowest BCUT2D eigenvalue weighted by Crippen LogP contribution is -2.37. The first kappa shape index (κ1) is 24.3. The van der Waals surface area contributed by atoms with Crippen LogP contribution >= 0.6 is 0 Å². The molecule has 0 heterocycles. The molecule has 33 heavy (non-hydrogen) atoms. The van der Waals surface area contributed by atoms with E-state index in [4.69, 9.17) is 9.84 Å². The van der Waals surface area contributed by atoms with E-state index in [1.165, 1.54) is 11.1 Å². The SMILES string of the molecule is CC(CNC(=O)CC(CNC(=O)OCC1c2ccccc2-c2ccccc21)C(C)C)C(=O)O. The van der Waals surface area contributed by atoms with E-state index in [1.54, 1.807) is 6.92 Å². The van der Waals surface area contributed by atoms with Gasteiger partial charge in [0.25, 0.3) is 0 Å². The maximum atomic E-state index is 12.4. The number of carboxylic acids is 1. The van der Waals surface area contributed by atoms with Gasteiger partial charge in [-0.25, -0.2) is 4.79 Å². The fourth-order valence-corrected chi connectivity index (χ4v) is 4.07. The number of aliphatic carboxylic acids is 1. The molecule has 2 atom stereocenters. The fraction of sp³-hybridized carbons (Fsp3) is 0.423. The van der Waals surface area contributed by atoms with E-state index < -0.39 is 18.0 Å². The summed E-state index contributed by atoms with van der Waals surface area (Å²) in [7, 11) is 0. The number of hydrogen-bond acceptors (Lipinski definition) is 4. The van der Waals surface area contributed by atoms with E-state index >= 15 is 0 Å². The maximum Gasteiger partial charge on any atom is 0.407 e. The van der Waals surface area contributed by atoms with Crippen molar-refractivity contribution in [1.29, 1.82) is 0 Å². The summed E-state index contributed by atoms with van der Waals surface area (Å²) in [6.07, 6.45) is -0.310. The van der Waals surface area contributed by atoms with Crippen molar-refractivity contribution in [3.8, 4) is 11.1 Å². The highest BCUT2D eigenvalue weighted by Gasteiger charge is 2.29. The van der Waals surface area contributed by atoms with Crippen LogP contribution in [0.3, 0.4) is 0 Å². The molecular formula is C26H32N2O5. The first-order chi connectivity index (χ1) is 15.8. The van der Waals surface area contributed by atoms with Crippen LogP contribution < -0.4 is 10.6 Å². The Balaban J connectivity index is 1.51. The van der Waals surface area contributed by atoms with E-state index in [0.29, 0.717) is 6.54 Å². The Morgan fingerprint density at radius 1 is 0.909 bits per heavy atom. The third-order valence-electron chi connectivity index (χ3n) is 6.27. The third-order valence-corrected chi connectivity index (χ3v) is 6.27. The van der Waals surface area contributed by atoms with Crippen LogP contribution in [0.2, 0.25) is 0 Å². The zero-order valence-corrected chi connectivity index (χ0v) is 19.3. The van der Waals surface area contributed by atoms with Crippen LogP contribution in [0.15, 0.2) is 48.5 Å². The quantitative estimate of drug-likeness (QED) is 0.505. The monoisotopic (exact) mass is 452 g/mol. The lowest BCUT2D eigenvalue weighted by atomic mass is 9.92. The molecule has 0 aliphatic heterocycles. The summed E-state index contributed by atoms with van der Waals surface area (Å²) in [5, 5.41) is 14.4. The van der Waals surface area contributed by atoms with Crippen molar-refractivity contribution in [1.82, 2.24) is 10.6 Å². The number of benzene rings is 2. The molecule has 7 heteroatoms. The van der Waals surface area contributed by atoms with Crippen molar-refractivity contribution in [2.75, 3.05) is 19.7 Å². The number of hydrogen-bond donors (Lipinski definition) is 3. The van der Waals surface area contributed by atoms with Crippen molar-refractivity contribution < 1.29 is 24.2 Å². The number of carbonyl (C=O) groups excluding carboxylic acids is 2. The summed E-state index contributed by atoms with van der Waals surface area (Å²) >= 11 is 0. The van der Waals surface area contributed by atoms with Crippen molar-refractivity contribution >= 4 is 18.0 Å². The Hall–Kier alpha value is -3.35. The average Bonchev–Trinajstić information content (AvgIpc) is 3.12. The maximum absolute atomic E-state index is 12.4. The molecule has 7 nitrogen and oxygen atoms in total. The molecule has 3 N–H and O–H groups in total. The molecule has 0 aromatic heterocycles. The molecule has 0 spiro atoms. The van der Waals surface area contributed by atoms with Gasteiger partial charge in [0.15, 0.2) is 0 Å². The molecule has 2 aromatic carbocycles. The lowest BCUT2D eigenvalue weighted by molar-refractivity contribution is -0.141. The molecule has 0 bridgehead atoms. The van der Waals surface area contributed by atoms with Gasteiger partial charge in [0, 0.05) is 25.4 Å². The van der Waals surface area contributed by atoms with E-state index in [-0.39, 0.29) is 43.2 Å². The van der Waals surface area contributed by atoms with Gasteiger partial charge in [0.2, 0.25) is 5.91 Å². The standard InChI is InChI=1S/C26H32N2O5/c1-16(2)18(12-24(29)27-13-17(3)25(30)31)14-28-26(32)33-15-23-21-10-6-4-8-19(21)20-9-5-7-11-22(20)23/h4-11,16-18,23H,12-15H2,1-3H3,(H,27,29)(H,28,32)(H,30,31). The predicted octanol–water partition coefficient (Wildman–Crippen LogP) is 4.02. The van der Waals surface area contributed by atoms with Crippen molar-refractivity contribution in [3.05, 3.63) is 59.7 Å². The minimum absolute atomic E-state index is 0.00829. The Labute approximate surface area is 194 Å². The Morgan fingerprint density at radius 3 is 2.03 bits per heavy atom. The molecule has 2 aromatic rings. The highest BCUT2D eigenvalue weighted by Crippen LogP contribution is 2.44. The van der Waals surface area contributed by atoms with Gasteiger partial charge in [0.1, 0.15) is 6.61 Å². The largest absolute Gasteiger partial charge is 0.481 e.